The number of aliphatic hydroxyl groups is 3. The SMILES string of the molecule is CCC(C)C1O[C@]2(C=C[C@@H]1C)CC1C[C@@H](C/C=C(\C)[C@@H](OC3CC(OC)C(O)C(C)O3)[C@@H](C)/C=C/C=C3\CO[C@@H]4C(O)C(C)=CC(C(=O)O1)[C@]34O)O2. The maximum Gasteiger partial charge on any atom is 0.316 e. The summed E-state index contributed by atoms with van der Waals surface area (Å²) in [7, 11) is 1.58. The lowest BCUT2D eigenvalue weighted by Crippen LogP contribution is -2.58. The van der Waals surface area contributed by atoms with E-state index in [2.05, 4.69) is 32.9 Å². The zero-order chi connectivity index (χ0) is 37.5. The lowest BCUT2D eigenvalue weighted by Gasteiger charge is -2.48. The van der Waals surface area contributed by atoms with Gasteiger partial charge in [-0.15, -0.1) is 0 Å². The van der Waals surface area contributed by atoms with Crippen molar-refractivity contribution in [1.29, 1.82) is 0 Å². The molecule has 0 aromatic rings. The van der Waals surface area contributed by atoms with Gasteiger partial charge in [-0.2, -0.15) is 0 Å². The van der Waals surface area contributed by atoms with Gasteiger partial charge in [-0.25, -0.2) is 0 Å². The Labute approximate surface area is 308 Å². The van der Waals surface area contributed by atoms with E-state index >= 15 is 0 Å². The van der Waals surface area contributed by atoms with Crippen molar-refractivity contribution in [3.8, 4) is 0 Å². The van der Waals surface area contributed by atoms with Gasteiger partial charge in [-0.05, 0) is 55.9 Å². The van der Waals surface area contributed by atoms with Gasteiger partial charge in [0.2, 0.25) is 0 Å². The topological polar surface area (TPSA) is 142 Å². The molecule has 11 heteroatoms. The highest BCUT2D eigenvalue weighted by atomic mass is 16.7. The highest BCUT2D eigenvalue weighted by Crippen LogP contribution is 2.47. The first kappa shape index (κ1) is 39.5. The van der Waals surface area contributed by atoms with Crippen LogP contribution < -0.4 is 0 Å². The van der Waals surface area contributed by atoms with E-state index in [4.69, 9.17) is 33.2 Å². The minimum absolute atomic E-state index is 0.0471. The number of carbonyl (C=O) groups excluding carboxylic acids is 1. The van der Waals surface area contributed by atoms with Crippen molar-refractivity contribution >= 4 is 5.97 Å². The van der Waals surface area contributed by atoms with Crippen LogP contribution in [0.3, 0.4) is 0 Å². The molecule has 6 aliphatic rings. The number of allylic oxidation sites excluding steroid dienone is 2. The molecule has 0 amide bonds. The molecule has 2 bridgehead atoms. The van der Waals surface area contributed by atoms with E-state index in [1.807, 2.05) is 39.0 Å². The van der Waals surface area contributed by atoms with E-state index in [-0.39, 0.29) is 36.6 Å². The van der Waals surface area contributed by atoms with E-state index in [9.17, 15) is 20.1 Å². The third-order valence-electron chi connectivity index (χ3n) is 12.3. The summed E-state index contributed by atoms with van der Waals surface area (Å²) in [5.41, 5.74) is 0.184. The van der Waals surface area contributed by atoms with Crippen LogP contribution in [-0.4, -0.2) is 108 Å². The third kappa shape index (κ3) is 7.68. The number of carbonyl (C=O) groups is 1. The number of aliphatic hydroxyl groups excluding tert-OH is 2. The number of esters is 1. The zero-order valence-corrected chi connectivity index (χ0v) is 32.0. The first-order chi connectivity index (χ1) is 24.7. The Morgan fingerprint density at radius 1 is 1.04 bits per heavy atom. The molecule has 5 heterocycles. The maximum atomic E-state index is 14.2. The number of hydrogen-bond donors (Lipinski definition) is 3. The molecule has 1 aliphatic carbocycles. The highest BCUT2D eigenvalue weighted by molar-refractivity contribution is 5.78. The van der Waals surface area contributed by atoms with Gasteiger partial charge in [0.25, 0.3) is 0 Å². The fraction of sp³-hybridized carbons (Fsp3) is 0.732. The second kappa shape index (κ2) is 15.9. The van der Waals surface area contributed by atoms with Gasteiger partial charge >= 0.3 is 5.97 Å². The van der Waals surface area contributed by atoms with Gasteiger partial charge in [0.1, 0.15) is 35.9 Å². The predicted molar refractivity (Wildman–Crippen MR) is 193 cm³/mol. The van der Waals surface area contributed by atoms with Gasteiger partial charge < -0.3 is 48.5 Å². The number of rotatable bonds is 5. The molecule has 6 rings (SSSR count). The van der Waals surface area contributed by atoms with E-state index in [1.54, 1.807) is 26.2 Å². The van der Waals surface area contributed by atoms with Crippen LogP contribution in [0, 0.1) is 23.7 Å². The van der Waals surface area contributed by atoms with E-state index < -0.39 is 72.3 Å². The molecule has 3 saturated heterocycles. The monoisotopic (exact) mass is 728 g/mol. The lowest BCUT2D eigenvalue weighted by molar-refractivity contribution is -0.300. The van der Waals surface area contributed by atoms with E-state index in [0.29, 0.717) is 36.8 Å². The second-order valence-electron chi connectivity index (χ2n) is 16.1. The predicted octanol–water partition coefficient (Wildman–Crippen LogP) is 4.84. The normalized spacial score (nSPS) is 48.8. The average Bonchev–Trinajstić information content (AvgIpc) is 3.45. The van der Waals surface area contributed by atoms with Crippen LogP contribution in [0.1, 0.15) is 80.6 Å². The molecule has 11 nitrogen and oxygen atoms in total. The average molecular weight is 729 g/mol. The van der Waals surface area contributed by atoms with Gasteiger partial charge in [0.05, 0.1) is 37.1 Å². The van der Waals surface area contributed by atoms with Crippen LogP contribution >= 0.6 is 0 Å². The fourth-order valence-corrected chi connectivity index (χ4v) is 8.87. The molecule has 3 fully saturated rings. The molecule has 0 radical (unpaired) electrons. The van der Waals surface area contributed by atoms with Crippen molar-refractivity contribution in [3.05, 3.63) is 59.3 Å². The smallest absolute Gasteiger partial charge is 0.316 e. The van der Waals surface area contributed by atoms with Crippen molar-refractivity contribution in [1.82, 2.24) is 0 Å². The standard InChI is InChI=1S/C41H60O11/c1-9-22(2)37-25(5)15-16-40(52-37)20-30-18-29(51-40)14-13-24(4)36(50-33-19-32(46-8)35(43)27(7)48-33)23(3)11-10-12-28-21-47-38-34(42)26(6)17-31(39(44)49-30)41(28,38)45/h10-13,15-17,22-23,25,27,29-38,42-43,45H,9,14,18-21H2,1-8H3/b11-10+,24-13+,28-12+/t22?,23-,25-,27?,29+,30?,31?,32?,33?,34?,35?,36-,37?,38+,40+,41+/m0/s1. The molecule has 1 spiro atoms. The summed E-state index contributed by atoms with van der Waals surface area (Å²) in [5.74, 6) is -2.44. The lowest BCUT2D eigenvalue weighted by atomic mass is 9.71. The van der Waals surface area contributed by atoms with Gasteiger partial charge in [-0.3, -0.25) is 4.79 Å². The van der Waals surface area contributed by atoms with Gasteiger partial charge in [-0.1, -0.05) is 70.6 Å². The van der Waals surface area contributed by atoms with Crippen LogP contribution in [0.25, 0.3) is 0 Å². The van der Waals surface area contributed by atoms with E-state index in [1.165, 1.54) is 0 Å². The van der Waals surface area contributed by atoms with Crippen LogP contribution in [0.15, 0.2) is 59.3 Å². The summed E-state index contributed by atoms with van der Waals surface area (Å²) in [6.45, 7) is 14.2. The highest BCUT2D eigenvalue weighted by Gasteiger charge is 2.60. The first-order valence-corrected chi connectivity index (χ1v) is 19.2. The Morgan fingerprint density at radius 3 is 2.54 bits per heavy atom. The van der Waals surface area contributed by atoms with Crippen molar-refractivity contribution < 1.29 is 53.3 Å². The Kier molecular flexibility index (Phi) is 12.1. The van der Waals surface area contributed by atoms with Crippen molar-refractivity contribution in [3.63, 3.8) is 0 Å². The van der Waals surface area contributed by atoms with Gasteiger partial charge in [0, 0.05) is 38.2 Å². The Balaban J connectivity index is 1.38. The Hall–Kier alpha value is -2.19. The van der Waals surface area contributed by atoms with E-state index in [0.717, 1.165) is 12.0 Å². The molecular weight excluding hydrogens is 668 g/mol. The van der Waals surface area contributed by atoms with Crippen LogP contribution in [0.2, 0.25) is 0 Å². The largest absolute Gasteiger partial charge is 0.462 e. The molecule has 5 aliphatic heterocycles. The molecule has 0 saturated carbocycles. The second-order valence-corrected chi connectivity index (χ2v) is 16.1. The number of fused-ring (bicyclic) bond motifs is 2. The zero-order valence-electron chi connectivity index (χ0n) is 32.0. The molecule has 3 N–H and O–H groups in total. The number of hydrogen-bond acceptors (Lipinski definition) is 11. The summed E-state index contributed by atoms with van der Waals surface area (Å²) in [5, 5.41) is 34.1. The summed E-state index contributed by atoms with van der Waals surface area (Å²) in [6, 6.07) is 0. The summed E-state index contributed by atoms with van der Waals surface area (Å²) in [6.07, 6.45) is 10.2. The minimum atomic E-state index is -1.81. The van der Waals surface area contributed by atoms with Crippen molar-refractivity contribution in [2.45, 2.75) is 153 Å². The third-order valence-corrected chi connectivity index (χ3v) is 12.3. The summed E-state index contributed by atoms with van der Waals surface area (Å²) < 4.78 is 44.4. The fourth-order valence-electron chi connectivity index (χ4n) is 8.87. The van der Waals surface area contributed by atoms with Crippen molar-refractivity contribution in [2.24, 2.45) is 23.7 Å². The van der Waals surface area contributed by atoms with Crippen LogP contribution in [-0.2, 0) is 38.0 Å². The molecule has 52 heavy (non-hydrogen) atoms. The maximum absolute atomic E-state index is 14.2. The molecule has 0 aromatic carbocycles. The Bertz CT molecular complexity index is 1450. The molecule has 16 atom stereocenters. The van der Waals surface area contributed by atoms with Crippen LogP contribution in [0.4, 0.5) is 0 Å². The first-order valence-electron chi connectivity index (χ1n) is 19.2. The minimum Gasteiger partial charge on any atom is -0.462 e. The molecule has 9 unspecified atom stereocenters. The molecular formula is C41H60O11. The van der Waals surface area contributed by atoms with Crippen LogP contribution in [0.5, 0.6) is 0 Å². The quantitative estimate of drug-likeness (QED) is 0.265. The van der Waals surface area contributed by atoms with Crippen molar-refractivity contribution in [2.75, 3.05) is 13.7 Å². The Morgan fingerprint density at radius 2 is 1.81 bits per heavy atom. The number of ether oxygens (including phenoxy) is 7. The molecule has 0 aromatic heterocycles. The summed E-state index contributed by atoms with van der Waals surface area (Å²) in [4.78, 5) is 14.2. The van der Waals surface area contributed by atoms with Gasteiger partial charge in [0.15, 0.2) is 12.1 Å². The summed E-state index contributed by atoms with van der Waals surface area (Å²) >= 11 is 0. The number of methoxy groups -OCH3 is 1. The molecule has 290 valence electrons.